The number of carbonyl (C=O) groups excluding carboxylic acids is 3. The molecule has 0 bridgehead atoms. The van der Waals surface area contributed by atoms with Crippen molar-refractivity contribution in [3.05, 3.63) is 88.0 Å². The Morgan fingerprint density at radius 2 is 1.77 bits per heavy atom. The number of rotatable bonds is 5. The van der Waals surface area contributed by atoms with Crippen LogP contribution in [0.1, 0.15) is 29.3 Å². The fraction of sp³-hybridized carbons (Fsp3) is 0.261. The number of nitrogens with zero attached hydrogens (tertiary/aromatic N) is 3. The van der Waals surface area contributed by atoms with E-state index in [4.69, 9.17) is 0 Å². The van der Waals surface area contributed by atoms with Crippen LogP contribution in [0.2, 0.25) is 0 Å². The van der Waals surface area contributed by atoms with E-state index in [0.29, 0.717) is 6.42 Å². The Bertz CT molecular complexity index is 1060. The van der Waals surface area contributed by atoms with Gasteiger partial charge in [-0.2, -0.15) is 5.01 Å². The van der Waals surface area contributed by atoms with Gasteiger partial charge in [-0.05, 0) is 30.0 Å². The molecule has 31 heavy (non-hydrogen) atoms. The van der Waals surface area contributed by atoms with Crippen LogP contribution in [0.25, 0.3) is 0 Å². The molecule has 8 heteroatoms. The fourth-order valence-electron chi connectivity index (χ4n) is 4.23. The monoisotopic (exact) mass is 419 g/mol. The van der Waals surface area contributed by atoms with Crippen LogP contribution in [0.15, 0.2) is 66.7 Å². The smallest absolute Gasteiger partial charge is 0.272 e. The second kappa shape index (κ2) is 8.14. The number of imide groups is 1. The summed E-state index contributed by atoms with van der Waals surface area (Å²) in [6.07, 6.45) is 4.29. The molecule has 0 spiro atoms. The summed E-state index contributed by atoms with van der Waals surface area (Å²) in [5.74, 6) is -2.45. The number of amides is 3. The van der Waals surface area contributed by atoms with Gasteiger partial charge in [-0.25, -0.2) is 5.01 Å². The Morgan fingerprint density at radius 3 is 2.39 bits per heavy atom. The van der Waals surface area contributed by atoms with Gasteiger partial charge >= 0.3 is 0 Å². The van der Waals surface area contributed by atoms with Crippen LogP contribution < -0.4 is 0 Å². The lowest BCUT2D eigenvalue weighted by Crippen LogP contribution is -2.50. The van der Waals surface area contributed by atoms with Gasteiger partial charge in [0.2, 0.25) is 0 Å². The summed E-state index contributed by atoms with van der Waals surface area (Å²) in [5.41, 5.74) is 0.757. The molecular formula is C23H21N3O5. The number of fused-ring (bicyclic) bond motifs is 1. The average Bonchev–Trinajstić information content (AvgIpc) is 3.03. The van der Waals surface area contributed by atoms with Gasteiger partial charge in [0, 0.05) is 17.7 Å². The summed E-state index contributed by atoms with van der Waals surface area (Å²) in [7, 11) is 0. The number of hydrogen-bond acceptors (Lipinski definition) is 5. The van der Waals surface area contributed by atoms with Gasteiger partial charge < -0.3 is 0 Å². The summed E-state index contributed by atoms with van der Waals surface area (Å²) in [4.78, 5) is 50.2. The molecule has 1 heterocycles. The topological polar surface area (TPSA) is 101 Å². The molecule has 2 aromatic carbocycles. The maximum Gasteiger partial charge on any atom is 0.273 e. The van der Waals surface area contributed by atoms with Gasteiger partial charge in [-0.3, -0.25) is 24.5 Å². The van der Waals surface area contributed by atoms with Crippen molar-refractivity contribution in [1.29, 1.82) is 0 Å². The van der Waals surface area contributed by atoms with Gasteiger partial charge in [-0.1, -0.05) is 49.4 Å². The molecule has 0 N–H and O–H groups in total. The minimum Gasteiger partial charge on any atom is -0.272 e. The zero-order valence-corrected chi connectivity index (χ0v) is 16.9. The Labute approximate surface area is 178 Å². The van der Waals surface area contributed by atoms with Crippen LogP contribution in [0.4, 0.5) is 5.69 Å². The van der Waals surface area contributed by atoms with Gasteiger partial charge in [0.1, 0.15) is 0 Å². The summed E-state index contributed by atoms with van der Waals surface area (Å²) in [6, 6.07) is 14.2. The lowest BCUT2D eigenvalue weighted by Gasteiger charge is -2.31. The second-order valence-electron chi connectivity index (χ2n) is 7.80. The Hall–Kier alpha value is -3.81. The van der Waals surface area contributed by atoms with E-state index in [1.807, 2.05) is 37.3 Å². The first-order valence-corrected chi connectivity index (χ1v) is 10.0. The lowest BCUT2D eigenvalue weighted by molar-refractivity contribution is -0.384. The molecule has 0 unspecified atom stereocenters. The van der Waals surface area contributed by atoms with Crippen molar-refractivity contribution in [3.8, 4) is 0 Å². The zero-order valence-electron chi connectivity index (χ0n) is 16.9. The van der Waals surface area contributed by atoms with Crippen molar-refractivity contribution in [3.63, 3.8) is 0 Å². The van der Waals surface area contributed by atoms with E-state index in [-0.39, 0.29) is 23.7 Å². The molecule has 158 valence electrons. The zero-order chi connectivity index (χ0) is 22.1. The van der Waals surface area contributed by atoms with Crippen LogP contribution in [0.3, 0.4) is 0 Å². The maximum atomic E-state index is 13.4. The van der Waals surface area contributed by atoms with Crippen molar-refractivity contribution in [2.24, 2.45) is 17.8 Å². The number of benzene rings is 2. The molecule has 2 aromatic rings. The summed E-state index contributed by atoms with van der Waals surface area (Å²) < 4.78 is 0. The highest BCUT2D eigenvalue weighted by Gasteiger charge is 2.53. The average molecular weight is 419 g/mol. The minimum absolute atomic E-state index is 0.0232. The number of nitro groups is 1. The number of hydrazine groups is 1. The number of non-ortho nitro benzene ring substituents is 1. The molecular weight excluding hydrogens is 398 g/mol. The second-order valence-corrected chi connectivity index (χ2v) is 7.80. The number of carbonyl (C=O) groups is 3. The quantitative estimate of drug-likeness (QED) is 0.320. The predicted octanol–water partition coefficient (Wildman–Crippen LogP) is 3.35. The molecule has 1 aliphatic carbocycles. The first-order valence-electron chi connectivity index (χ1n) is 10.0. The van der Waals surface area contributed by atoms with Crippen LogP contribution in [0.5, 0.6) is 0 Å². The highest BCUT2D eigenvalue weighted by Crippen LogP contribution is 2.39. The summed E-state index contributed by atoms with van der Waals surface area (Å²) in [5, 5.41) is 13.1. The first kappa shape index (κ1) is 20.5. The van der Waals surface area contributed by atoms with E-state index >= 15 is 0 Å². The first-order chi connectivity index (χ1) is 14.9. The Kier molecular flexibility index (Phi) is 5.37. The third kappa shape index (κ3) is 3.72. The predicted molar refractivity (Wildman–Crippen MR) is 111 cm³/mol. The lowest BCUT2D eigenvalue weighted by atomic mass is 9.78. The highest BCUT2D eigenvalue weighted by atomic mass is 16.6. The minimum atomic E-state index is -0.570. The van der Waals surface area contributed by atoms with Gasteiger partial charge in [0.25, 0.3) is 23.4 Å². The van der Waals surface area contributed by atoms with Crippen molar-refractivity contribution in [2.45, 2.75) is 19.9 Å². The van der Waals surface area contributed by atoms with Crippen molar-refractivity contribution in [1.82, 2.24) is 10.0 Å². The van der Waals surface area contributed by atoms with Gasteiger partial charge in [0.15, 0.2) is 0 Å². The van der Waals surface area contributed by atoms with Crippen LogP contribution in [-0.4, -0.2) is 32.7 Å². The van der Waals surface area contributed by atoms with Crippen molar-refractivity contribution < 1.29 is 19.3 Å². The molecule has 0 radical (unpaired) electrons. The van der Waals surface area contributed by atoms with E-state index in [1.54, 1.807) is 12.1 Å². The highest BCUT2D eigenvalue weighted by molar-refractivity contribution is 6.08. The summed E-state index contributed by atoms with van der Waals surface area (Å²) >= 11 is 0. The van der Waals surface area contributed by atoms with E-state index in [1.165, 1.54) is 24.3 Å². The van der Waals surface area contributed by atoms with Gasteiger partial charge in [0.05, 0.1) is 23.3 Å². The standard InChI is InChI=1S/C23H21N3O5/c1-15-6-5-9-19-20(15)23(29)25(22(19)28)24(14-16-7-3-2-4-8-16)21(27)17-10-12-18(13-11-17)26(30)31/h2-8,10-13,15,19-20H,9,14H2,1H3/t15-,19+,20+/m1/s1. The molecule has 3 atom stereocenters. The molecule has 3 amide bonds. The Morgan fingerprint density at radius 1 is 1.10 bits per heavy atom. The fourth-order valence-corrected chi connectivity index (χ4v) is 4.23. The third-order valence-corrected chi connectivity index (χ3v) is 5.83. The van der Waals surface area contributed by atoms with Crippen LogP contribution >= 0.6 is 0 Å². The molecule has 0 saturated carbocycles. The molecule has 1 fully saturated rings. The normalized spacial score (nSPS) is 22.4. The van der Waals surface area contributed by atoms with E-state index in [2.05, 4.69) is 0 Å². The largest absolute Gasteiger partial charge is 0.273 e. The molecule has 8 nitrogen and oxygen atoms in total. The summed E-state index contributed by atoms with van der Waals surface area (Å²) in [6.45, 7) is 1.91. The molecule has 2 aliphatic rings. The van der Waals surface area contributed by atoms with Crippen molar-refractivity contribution in [2.75, 3.05) is 0 Å². The van der Waals surface area contributed by atoms with E-state index < -0.39 is 34.5 Å². The van der Waals surface area contributed by atoms with Crippen molar-refractivity contribution >= 4 is 23.4 Å². The van der Waals surface area contributed by atoms with E-state index in [9.17, 15) is 24.5 Å². The number of allylic oxidation sites excluding steroid dienone is 2. The third-order valence-electron chi connectivity index (χ3n) is 5.83. The Balaban J connectivity index is 1.71. The molecule has 4 rings (SSSR count). The van der Waals surface area contributed by atoms with Crippen LogP contribution in [0, 0.1) is 27.9 Å². The molecule has 0 aromatic heterocycles. The molecule has 1 saturated heterocycles. The maximum absolute atomic E-state index is 13.4. The van der Waals surface area contributed by atoms with Gasteiger partial charge in [-0.15, -0.1) is 0 Å². The number of nitro benzene ring substituents is 1. The SMILES string of the molecule is C[C@@H]1C=CC[C@@H]2C(=O)N(N(Cc3ccccc3)C(=O)c3ccc([N+](=O)[O-])cc3)C(=O)[C@@H]12. The van der Waals surface area contributed by atoms with Crippen LogP contribution in [-0.2, 0) is 16.1 Å². The van der Waals surface area contributed by atoms with E-state index in [0.717, 1.165) is 15.6 Å². The molecule has 1 aliphatic heterocycles. The number of hydrogen-bond donors (Lipinski definition) is 0.